The smallest absolute Gasteiger partial charge is 0.432 e. The monoisotopic (exact) mass is 771 g/mol. The van der Waals surface area contributed by atoms with Gasteiger partial charge in [-0.1, -0.05) is 138 Å². The lowest BCUT2D eigenvalue weighted by Gasteiger charge is -2.28. The van der Waals surface area contributed by atoms with Gasteiger partial charge in [0.25, 0.3) is 0 Å². The fourth-order valence-corrected chi connectivity index (χ4v) is 7.41. The van der Waals surface area contributed by atoms with Crippen molar-refractivity contribution in [3.8, 4) is 0 Å². The zero-order valence-electron chi connectivity index (χ0n) is 34.8. The minimum absolute atomic E-state index is 0.0640. The SMILES string of the molecule is C=C(C(=O)OC(C)OP(=O)(OC(C)OC(=O)C(=C)C(CCCC)CCCC)OC(C)OC(=O)C(=C)C(CCCC)CCCC)C(CCCC)CCCC. The van der Waals surface area contributed by atoms with Crippen molar-refractivity contribution in [1.82, 2.24) is 0 Å². The predicted octanol–water partition coefficient (Wildman–Crippen LogP) is 12.5. The molecular weight excluding hydrogens is 695 g/mol. The maximum Gasteiger partial charge on any atom is 0.484 e. The van der Waals surface area contributed by atoms with Crippen molar-refractivity contribution < 1.29 is 46.7 Å². The summed E-state index contributed by atoms with van der Waals surface area (Å²) < 4.78 is 47.7. The van der Waals surface area contributed by atoms with Gasteiger partial charge in [-0.2, -0.15) is 0 Å². The maximum atomic E-state index is 14.2. The minimum atomic E-state index is -4.74. The number of esters is 3. The van der Waals surface area contributed by atoms with Crippen LogP contribution in [0.5, 0.6) is 0 Å². The zero-order chi connectivity index (χ0) is 40.4. The van der Waals surface area contributed by atoms with Crippen LogP contribution in [0, 0.1) is 17.8 Å². The van der Waals surface area contributed by atoms with Crippen molar-refractivity contribution >= 4 is 25.7 Å². The third-order valence-corrected chi connectivity index (χ3v) is 11.0. The molecule has 0 heterocycles. The summed E-state index contributed by atoms with van der Waals surface area (Å²) in [5.41, 5.74) is 0.922. The van der Waals surface area contributed by atoms with Crippen molar-refractivity contribution in [1.29, 1.82) is 0 Å². The molecule has 0 spiro atoms. The van der Waals surface area contributed by atoms with Crippen LogP contribution in [0.15, 0.2) is 36.5 Å². The van der Waals surface area contributed by atoms with Gasteiger partial charge in [-0.05, 0) is 77.0 Å². The topological polar surface area (TPSA) is 124 Å². The average Bonchev–Trinajstić information content (AvgIpc) is 3.10. The molecule has 0 saturated heterocycles. The van der Waals surface area contributed by atoms with Gasteiger partial charge >= 0.3 is 25.7 Å². The molecule has 0 fully saturated rings. The molecule has 0 rings (SSSR count). The number of phosphoric ester groups is 1. The Kier molecular flexibility index (Phi) is 27.8. The first-order chi connectivity index (χ1) is 25.1. The average molecular weight is 771 g/mol. The molecule has 0 aromatic rings. The van der Waals surface area contributed by atoms with E-state index in [4.69, 9.17) is 27.8 Å². The Morgan fingerprint density at radius 1 is 0.434 bits per heavy atom. The number of hydrogen-bond donors (Lipinski definition) is 0. The summed E-state index contributed by atoms with van der Waals surface area (Å²) in [5.74, 6) is -2.27. The van der Waals surface area contributed by atoms with E-state index in [9.17, 15) is 18.9 Å². The van der Waals surface area contributed by atoms with Gasteiger partial charge in [-0.15, -0.1) is 0 Å². The van der Waals surface area contributed by atoms with Crippen LogP contribution < -0.4 is 0 Å². The Hall–Kier alpha value is -2.26. The maximum absolute atomic E-state index is 14.2. The van der Waals surface area contributed by atoms with Gasteiger partial charge < -0.3 is 14.2 Å². The second-order valence-electron chi connectivity index (χ2n) is 14.2. The van der Waals surface area contributed by atoms with E-state index in [0.29, 0.717) is 16.7 Å². The molecule has 0 aliphatic heterocycles. The van der Waals surface area contributed by atoms with E-state index in [1.807, 2.05) is 0 Å². The van der Waals surface area contributed by atoms with Gasteiger partial charge in [-0.25, -0.2) is 32.5 Å². The summed E-state index contributed by atoms with van der Waals surface area (Å²) >= 11 is 0. The Bertz CT molecular complexity index is 989. The number of carbonyl (C=O) groups excluding carboxylic acids is 3. The van der Waals surface area contributed by atoms with Crippen LogP contribution in [0.25, 0.3) is 0 Å². The largest absolute Gasteiger partial charge is 0.484 e. The van der Waals surface area contributed by atoms with Crippen molar-refractivity contribution in [3.05, 3.63) is 36.5 Å². The molecule has 0 N–H and O–H groups in total. The number of unbranched alkanes of at least 4 members (excludes halogenated alkanes) is 6. The van der Waals surface area contributed by atoms with Crippen LogP contribution in [0.2, 0.25) is 0 Å². The highest BCUT2D eigenvalue weighted by Gasteiger charge is 2.38. The van der Waals surface area contributed by atoms with Crippen molar-refractivity contribution in [2.24, 2.45) is 17.8 Å². The van der Waals surface area contributed by atoms with E-state index >= 15 is 0 Å². The first-order valence-electron chi connectivity index (χ1n) is 20.5. The third kappa shape index (κ3) is 21.4. The van der Waals surface area contributed by atoms with E-state index in [0.717, 1.165) is 116 Å². The number of phosphoric acid groups is 1. The van der Waals surface area contributed by atoms with Crippen molar-refractivity contribution in [3.63, 3.8) is 0 Å². The quantitative estimate of drug-likeness (QED) is 0.0209. The Balaban J connectivity index is 6.10. The third-order valence-electron chi connectivity index (χ3n) is 9.35. The Morgan fingerprint density at radius 3 is 0.792 bits per heavy atom. The summed E-state index contributed by atoms with van der Waals surface area (Å²) in [6.07, 6.45) is 11.9. The number of ether oxygens (including phenoxy) is 3. The molecule has 11 heteroatoms. The van der Waals surface area contributed by atoms with Gasteiger partial charge in [-0.3, -0.25) is 0 Å². The highest BCUT2D eigenvalue weighted by molar-refractivity contribution is 7.48. The molecule has 308 valence electrons. The van der Waals surface area contributed by atoms with Crippen molar-refractivity contribution in [2.75, 3.05) is 0 Å². The number of carbonyl (C=O) groups is 3. The normalized spacial score (nSPS) is 14.4. The van der Waals surface area contributed by atoms with Gasteiger partial charge in [0.2, 0.25) is 18.9 Å². The fraction of sp³-hybridized carbons (Fsp3) is 0.786. The highest BCUT2D eigenvalue weighted by Crippen LogP contribution is 2.53. The first-order valence-corrected chi connectivity index (χ1v) is 21.9. The van der Waals surface area contributed by atoms with Crippen LogP contribution >= 0.6 is 7.82 Å². The summed E-state index contributed by atoms with van der Waals surface area (Å²) in [7, 11) is -4.74. The van der Waals surface area contributed by atoms with Gasteiger partial charge in [0.05, 0.1) is 0 Å². The molecule has 0 aromatic heterocycles. The molecule has 3 unspecified atom stereocenters. The lowest BCUT2D eigenvalue weighted by Crippen LogP contribution is -2.27. The molecule has 0 aromatic carbocycles. The number of hydrogen-bond acceptors (Lipinski definition) is 10. The molecular formula is C42H75O10P. The standard InChI is InChI=1S/C42H75O10P/c1-13-19-25-37(26-20-14-2)31(7)40(43)47-34(10)50-53(46,51-35(11)48-41(44)32(8)38(27-21-15-3)28-22-16-4)52-36(12)49-42(45)33(9)39(29-23-17-5)30-24-18-6/h34-39H,7-9,13-30H2,1-6,10-12H3. The van der Waals surface area contributed by atoms with Gasteiger partial charge in [0.15, 0.2) is 0 Å². The Labute approximate surface area is 322 Å². The molecule has 0 aliphatic rings. The molecule has 3 atom stereocenters. The van der Waals surface area contributed by atoms with Crippen LogP contribution in [-0.2, 0) is 46.7 Å². The first kappa shape index (κ1) is 50.7. The zero-order valence-corrected chi connectivity index (χ0v) is 35.7. The molecule has 0 aliphatic carbocycles. The van der Waals surface area contributed by atoms with E-state index in [2.05, 4.69) is 61.3 Å². The fourth-order valence-electron chi connectivity index (χ4n) is 6.05. The number of rotatable bonds is 33. The molecule has 53 heavy (non-hydrogen) atoms. The molecule has 0 saturated carbocycles. The van der Waals surface area contributed by atoms with E-state index in [1.165, 1.54) is 20.8 Å². The molecule has 10 nitrogen and oxygen atoms in total. The second kappa shape index (κ2) is 29.1. The lowest BCUT2D eigenvalue weighted by atomic mass is 9.89. The lowest BCUT2D eigenvalue weighted by molar-refractivity contribution is -0.174. The van der Waals surface area contributed by atoms with E-state index in [-0.39, 0.29) is 17.8 Å². The summed E-state index contributed by atoms with van der Waals surface area (Å²) in [6, 6.07) is 0. The molecule has 0 bridgehead atoms. The van der Waals surface area contributed by atoms with Crippen LogP contribution in [0.3, 0.4) is 0 Å². The van der Waals surface area contributed by atoms with E-state index in [1.54, 1.807) is 0 Å². The van der Waals surface area contributed by atoms with Crippen LogP contribution in [0.4, 0.5) is 0 Å². The minimum Gasteiger partial charge on any atom is -0.432 e. The second-order valence-corrected chi connectivity index (χ2v) is 15.7. The van der Waals surface area contributed by atoms with E-state index < -0.39 is 44.6 Å². The van der Waals surface area contributed by atoms with Crippen LogP contribution in [-0.4, -0.2) is 36.8 Å². The summed E-state index contributed by atoms with van der Waals surface area (Å²) in [6.45, 7) is 28.7. The van der Waals surface area contributed by atoms with Crippen molar-refractivity contribution in [2.45, 2.75) is 197 Å². The summed E-state index contributed by atoms with van der Waals surface area (Å²) in [4.78, 5) is 39.6. The van der Waals surface area contributed by atoms with Gasteiger partial charge in [0.1, 0.15) is 0 Å². The van der Waals surface area contributed by atoms with Crippen LogP contribution in [0.1, 0.15) is 178 Å². The molecule has 0 amide bonds. The summed E-state index contributed by atoms with van der Waals surface area (Å²) in [5, 5.41) is 0. The van der Waals surface area contributed by atoms with Gasteiger partial charge in [0, 0.05) is 16.7 Å². The highest BCUT2D eigenvalue weighted by atomic mass is 31.2. The molecule has 0 radical (unpaired) electrons. The Morgan fingerprint density at radius 2 is 0.623 bits per heavy atom. The predicted molar refractivity (Wildman–Crippen MR) is 213 cm³/mol.